The van der Waals surface area contributed by atoms with E-state index in [1.807, 2.05) is 0 Å². The van der Waals surface area contributed by atoms with Gasteiger partial charge in [0.1, 0.15) is 0 Å². The number of hydrogen-bond donors (Lipinski definition) is 2. The summed E-state index contributed by atoms with van der Waals surface area (Å²) in [5, 5.41) is 17.3. The maximum atomic E-state index is 9.82. The number of thiophene rings is 1. The largest absolute Gasteiger partial charge is 0.389 e. The molecule has 1 aromatic heterocycles. The molecule has 0 spiro atoms. The second-order valence-corrected chi connectivity index (χ2v) is 6.23. The Morgan fingerprint density at radius 1 is 1.37 bits per heavy atom. The average molecular weight is 285 g/mol. The zero-order chi connectivity index (χ0) is 14.1. The quantitative estimate of drug-likeness (QED) is 0.649. The number of aliphatic hydroxyl groups excluding tert-OH is 1. The molecule has 0 aliphatic carbocycles. The van der Waals surface area contributed by atoms with Crippen LogP contribution >= 0.6 is 11.3 Å². The molecule has 0 fully saturated rings. The Bertz CT molecular complexity index is 314. The van der Waals surface area contributed by atoms with E-state index in [9.17, 15) is 5.11 Å². The van der Waals surface area contributed by atoms with Crippen LogP contribution in [0.3, 0.4) is 0 Å². The lowest BCUT2D eigenvalue weighted by Crippen LogP contribution is -2.32. The first-order chi connectivity index (χ1) is 9.09. The SMILES string of the molecule is CC(C)CCCOCC(O)CNC(C)c1ccsc1. The number of hydrogen-bond acceptors (Lipinski definition) is 4. The third-order valence-electron chi connectivity index (χ3n) is 3.08. The smallest absolute Gasteiger partial charge is 0.0897 e. The lowest BCUT2D eigenvalue weighted by molar-refractivity contribution is 0.0337. The van der Waals surface area contributed by atoms with Crippen molar-refractivity contribution in [1.82, 2.24) is 5.32 Å². The summed E-state index contributed by atoms with van der Waals surface area (Å²) in [4.78, 5) is 0. The van der Waals surface area contributed by atoms with E-state index in [4.69, 9.17) is 4.74 Å². The molecule has 19 heavy (non-hydrogen) atoms. The molecule has 1 aromatic rings. The van der Waals surface area contributed by atoms with Gasteiger partial charge in [-0.3, -0.25) is 0 Å². The molecular formula is C15H27NO2S. The third kappa shape index (κ3) is 7.67. The zero-order valence-electron chi connectivity index (χ0n) is 12.3. The highest BCUT2D eigenvalue weighted by molar-refractivity contribution is 7.07. The van der Waals surface area contributed by atoms with Crippen LogP contribution in [0.25, 0.3) is 0 Å². The van der Waals surface area contributed by atoms with E-state index in [-0.39, 0.29) is 6.04 Å². The maximum Gasteiger partial charge on any atom is 0.0897 e. The van der Waals surface area contributed by atoms with Crippen LogP contribution in [0.1, 0.15) is 45.2 Å². The molecule has 1 heterocycles. The molecule has 2 atom stereocenters. The van der Waals surface area contributed by atoms with Crippen molar-refractivity contribution in [3.63, 3.8) is 0 Å². The minimum atomic E-state index is -0.430. The van der Waals surface area contributed by atoms with Gasteiger partial charge in [-0.15, -0.1) is 0 Å². The fourth-order valence-electron chi connectivity index (χ4n) is 1.82. The summed E-state index contributed by atoms with van der Waals surface area (Å²) in [7, 11) is 0. The van der Waals surface area contributed by atoms with Gasteiger partial charge >= 0.3 is 0 Å². The Hall–Kier alpha value is -0.420. The topological polar surface area (TPSA) is 41.5 Å². The molecular weight excluding hydrogens is 258 g/mol. The van der Waals surface area contributed by atoms with Gasteiger partial charge in [-0.1, -0.05) is 13.8 Å². The van der Waals surface area contributed by atoms with Crippen LogP contribution in [-0.2, 0) is 4.74 Å². The molecule has 0 aliphatic heterocycles. The number of rotatable bonds is 10. The van der Waals surface area contributed by atoms with Crippen LogP contribution in [0.5, 0.6) is 0 Å². The van der Waals surface area contributed by atoms with Gasteiger partial charge in [0.2, 0.25) is 0 Å². The van der Waals surface area contributed by atoms with Crippen LogP contribution in [0.4, 0.5) is 0 Å². The Morgan fingerprint density at radius 3 is 2.79 bits per heavy atom. The minimum absolute atomic E-state index is 0.279. The summed E-state index contributed by atoms with van der Waals surface area (Å²) in [6.07, 6.45) is 1.83. The van der Waals surface area contributed by atoms with Gasteiger partial charge in [0, 0.05) is 19.2 Å². The third-order valence-corrected chi connectivity index (χ3v) is 3.78. The molecule has 0 bridgehead atoms. The van der Waals surface area contributed by atoms with E-state index < -0.39 is 6.10 Å². The van der Waals surface area contributed by atoms with Gasteiger partial charge in [0.05, 0.1) is 12.7 Å². The molecule has 4 heteroatoms. The van der Waals surface area contributed by atoms with Crippen LogP contribution in [0.2, 0.25) is 0 Å². The van der Waals surface area contributed by atoms with Crippen molar-refractivity contribution < 1.29 is 9.84 Å². The van der Waals surface area contributed by atoms with Crippen LogP contribution in [-0.4, -0.2) is 31.0 Å². The Balaban J connectivity index is 2.03. The standard InChI is InChI=1S/C15H27NO2S/c1-12(2)5-4-7-18-10-15(17)9-16-13(3)14-6-8-19-11-14/h6,8,11-13,15-17H,4-5,7,9-10H2,1-3H3. The molecule has 0 radical (unpaired) electrons. The summed E-state index contributed by atoms with van der Waals surface area (Å²) in [6.45, 7) is 8.27. The molecule has 0 saturated heterocycles. The second-order valence-electron chi connectivity index (χ2n) is 5.45. The first-order valence-electron chi connectivity index (χ1n) is 7.11. The van der Waals surface area contributed by atoms with E-state index in [0.717, 1.165) is 18.9 Å². The Labute approximate surface area is 121 Å². The monoisotopic (exact) mass is 285 g/mol. The van der Waals surface area contributed by atoms with E-state index in [2.05, 4.69) is 42.9 Å². The van der Waals surface area contributed by atoms with Crippen LogP contribution < -0.4 is 5.32 Å². The molecule has 0 saturated carbocycles. The van der Waals surface area contributed by atoms with Gasteiger partial charge in [0.25, 0.3) is 0 Å². The van der Waals surface area contributed by atoms with Gasteiger partial charge < -0.3 is 15.2 Å². The molecule has 0 aliphatic rings. The van der Waals surface area contributed by atoms with Crippen molar-refractivity contribution in [2.24, 2.45) is 5.92 Å². The van der Waals surface area contributed by atoms with Crippen LogP contribution in [0, 0.1) is 5.92 Å². The summed E-state index contributed by atoms with van der Waals surface area (Å²) in [6, 6.07) is 2.39. The van der Waals surface area contributed by atoms with Gasteiger partial charge in [-0.25, -0.2) is 0 Å². The first kappa shape index (κ1) is 16.6. The molecule has 1 rings (SSSR count). The Morgan fingerprint density at radius 2 is 2.16 bits per heavy atom. The maximum absolute atomic E-state index is 9.82. The normalized spacial score (nSPS) is 14.8. The van der Waals surface area contributed by atoms with E-state index in [0.29, 0.717) is 13.2 Å². The highest BCUT2D eigenvalue weighted by Gasteiger charge is 2.09. The van der Waals surface area contributed by atoms with Crippen molar-refractivity contribution in [3.8, 4) is 0 Å². The average Bonchev–Trinajstić information content (AvgIpc) is 2.89. The predicted molar refractivity (Wildman–Crippen MR) is 81.6 cm³/mol. The summed E-state index contributed by atoms with van der Waals surface area (Å²) < 4.78 is 5.48. The van der Waals surface area contributed by atoms with Gasteiger partial charge in [-0.2, -0.15) is 11.3 Å². The number of aliphatic hydroxyl groups is 1. The molecule has 3 nitrogen and oxygen atoms in total. The van der Waals surface area contributed by atoms with E-state index in [1.165, 1.54) is 12.0 Å². The van der Waals surface area contributed by atoms with Crippen molar-refractivity contribution in [2.75, 3.05) is 19.8 Å². The zero-order valence-corrected chi connectivity index (χ0v) is 13.1. The highest BCUT2D eigenvalue weighted by atomic mass is 32.1. The lowest BCUT2D eigenvalue weighted by Gasteiger charge is -2.16. The van der Waals surface area contributed by atoms with Crippen LogP contribution in [0.15, 0.2) is 16.8 Å². The van der Waals surface area contributed by atoms with Crippen molar-refractivity contribution in [1.29, 1.82) is 0 Å². The minimum Gasteiger partial charge on any atom is -0.389 e. The summed E-state index contributed by atoms with van der Waals surface area (Å²) >= 11 is 1.70. The van der Waals surface area contributed by atoms with E-state index in [1.54, 1.807) is 11.3 Å². The fourth-order valence-corrected chi connectivity index (χ4v) is 2.58. The van der Waals surface area contributed by atoms with Crippen molar-refractivity contribution >= 4 is 11.3 Å². The molecule has 0 amide bonds. The number of nitrogens with one attached hydrogen (secondary N) is 1. The second kappa shape index (κ2) is 9.48. The molecule has 0 aromatic carbocycles. The van der Waals surface area contributed by atoms with Gasteiger partial charge in [0.15, 0.2) is 0 Å². The fraction of sp³-hybridized carbons (Fsp3) is 0.733. The number of ether oxygens (including phenoxy) is 1. The summed E-state index contributed by atoms with van der Waals surface area (Å²) in [5.74, 6) is 0.724. The summed E-state index contributed by atoms with van der Waals surface area (Å²) in [5.41, 5.74) is 1.27. The first-order valence-corrected chi connectivity index (χ1v) is 8.05. The predicted octanol–water partition coefficient (Wildman–Crippen LogP) is 3.21. The molecule has 110 valence electrons. The van der Waals surface area contributed by atoms with Crippen molar-refractivity contribution in [3.05, 3.63) is 22.4 Å². The molecule has 2 N–H and O–H groups in total. The van der Waals surface area contributed by atoms with Crippen molar-refractivity contribution in [2.45, 2.75) is 45.8 Å². The molecule has 2 unspecified atom stereocenters. The highest BCUT2D eigenvalue weighted by Crippen LogP contribution is 2.15. The van der Waals surface area contributed by atoms with E-state index >= 15 is 0 Å². The lowest BCUT2D eigenvalue weighted by atomic mass is 10.1. The Kier molecular flexibility index (Phi) is 8.30. The van der Waals surface area contributed by atoms with Gasteiger partial charge in [-0.05, 0) is 48.1 Å².